The highest BCUT2D eigenvalue weighted by molar-refractivity contribution is 9.09. The lowest BCUT2D eigenvalue weighted by Gasteiger charge is -2.02. The zero-order chi connectivity index (χ0) is 10.8. The number of halogens is 1. The van der Waals surface area contributed by atoms with E-state index >= 15 is 0 Å². The van der Waals surface area contributed by atoms with Gasteiger partial charge in [-0.25, -0.2) is 0 Å². The summed E-state index contributed by atoms with van der Waals surface area (Å²) in [4.78, 5) is 1.29. The van der Waals surface area contributed by atoms with Crippen molar-refractivity contribution in [3.05, 3.63) is 40.7 Å². The molecule has 0 aromatic carbocycles. The molecular weight excluding hydrogens is 276 g/mol. The maximum absolute atomic E-state index is 5.56. The van der Waals surface area contributed by atoms with Crippen LogP contribution in [0.5, 0.6) is 5.06 Å². The molecule has 0 fully saturated rings. The van der Waals surface area contributed by atoms with Crippen LogP contribution in [0.3, 0.4) is 0 Å². The Labute approximate surface area is 101 Å². The molecule has 0 spiro atoms. The van der Waals surface area contributed by atoms with Gasteiger partial charge in [-0.2, -0.15) is 0 Å². The molecule has 0 saturated carbocycles. The van der Waals surface area contributed by atoms with Gasteiger partial charge < -0.3 is 9.15 Å². The van der Waals surface area contributed by atoms with Crippen molar-refractivity contribution in [2.75, 3.05) is 7.11 Å². The number of furan rings is 1. The fraction of sp³-hybridized carbons (Fsp3) is 0.273. The molecule has 1 atom stereocenters. The summed E-state index contributed by atoms with van der Waals surface area (Å²) in [6.45, 7) is 1.94. The standard InChI is InChI=1S/C11H11BrO2S/c1-7-3-4-8(14-7)11(12)9-5-6-10(13-2)15-9/h3-6,11H,1-2H3. The van der Waals surface area contributed by atoms with Crippen LogP contribution in [0.2, 0.25) is 0 Å². The minimum absolute atomic E-state index is 0.111. The summed E-state index contributed by atoms with van der Waals surface area (Å²) >= 11 is 5.23. The molecule has 1 unspecified atom stereocenters. The number of methoxy groups -OCH3 is 1. The Kier molecular flexibility index (Phi) is 3.17. The highest BCUT2D eigenvalue weighted by atomic mass is 79.9. The third kappa shape index (κ3) is 2.26. The van der Waals surface area contributed by atoms with Crippen LogP contribution in [0, 0.1) is 6.92 Å². The van der Waals surface area contributed by atoms with Gasteiger partial charge >= 0.3 is 0 Å². The van der Waals surface area contributed by atoms with Gasteiger partial charge in [0.15, 0.2) is 5.06 Å². The molecule has 80 valence electrons. The molecule has 0 N–H and O–H groups in total. The first-order valence-electron chi connectivity index (χ1n) is 4.55. The summed E-state index contributed by atoms with van der Waals surface area (Å²) in [5.41, 5.74) is 0. The Balaban J connectivity index is 2.23. The maximum atomic E-state index is 5.56. The number of aryl methyl sites for hydroxylation is 1. The molecular formula is C11H11BrO2S. The van der Waals surface area contributed by atoms with Crippen molar-refractivity contribution in [2.45, 2.75) is 11.8 Å². The van der Waals surface area contributed by atoms with Crippen LogP contribution in [0.1, 0.15) is 21.2 Å². The Morgan fingerprint density at radius 2 is 2.13 bits per heavy atom. The van der Waals surface area contributed by atoms with Gasteiger partial charge in [0, 0.05) is 4.88 Å². The monoisotopic (exact) mass is 286 g/mol. The van der Waals surface area contributed by atoms with Gasteiger partial charge in [-0.1, -0.05) is 15.9 Å². The highest BCUT2D eigenvalue weighted by Crippen LogP contribution is 2.38. The Morgan fingerprint density at radius 3 is 2.67 bits per heavy atom. The number of ether oxygens (including phenoxy) is 1. The minimum Gasteiger partial charge on any atom is -0.487 e. The summed E-state index contributed by atoms with van der Waals surface area (Å²) in [6, 6.07) is 7.96. The van der Waals surface area contributed by atoms with Crippen molar-refractivity contribution < 1.29 is 9.15 Å². The van der Waals surface area contributed by atoms with Crippen molar-refractivity contribution >= 4 is 27.3 Å². The molecule has 4 heteroatoms. The molecule has 0 saturated heterocycles. The molecule has 2 aromatic heterocycles. The van der Waals surface area contributed by atoms with E-state index in [1.807, 2.05) is 31.2 Å². The van der Waals surface area contributed by atoms with Crippen molar-refractivity contribution in [1.29, 1.82) is 0 Å². The van der Waals surface area contributed by atoms with E-state index in [2.05, 4.69) is 15.9 Å². The topological polar surface area (TPSA) is 22.4 Å². The fourth-order valence-electron chi connectivity index (χ4n) is 1.31. The summed E-state index contributed by atoms with van der Waals surface area (Å²) in [5.74, 6) is 1.86. The van der Waals surface area contributed by atoms with Gasteiger partial charge in [-0.05, 0) is 31.2 Å². The second-order valence-electron chi connectivity index (χ2n) is 3.17. The molecule has 0 bridgehead atoms. The second kappa shape index (κ2) is 4.41. The average Bonchev–Trinajstić information content (AvgIpc) is 2.84. The number of alkyl halides is 1. The normalized spacial score (nSPS) is 12.7. The predicted molar refractivity (Wildman–Crippen MR) is 65.1 cm³/mol. The lowest BCUT2D eigenvalue weighted by Crippen LogP contribution is -1.85. The van der Waals surface area contributed by atoms with Crippen molar-refractivity contribution in [1.82, 2.24) is 0 Å². The quantitative estimate of drug-likeness (QED) is 0.791. The summed E-state index contributed by atoms with van der Waals surface area (Å²) < 4.78 is 10.7. The molecule has 0 amide bonds. The lowest BCUT2D eigenvalue weighted by atomic mass is 10.3. The van der Waals surface area contributed by atoms with E-state index in [-0.39, 0.29) is 4.83 Å². The SMILES string of the molecule is COc1ccc(C(Br)c2ccc(C)o2)s1. The zero-order valence-electron chi connectivity index (χ0n) is 8.49. The smallest absolute Gasteiger partial charge is 0.173 e. The van der Waals surface area contributed by atoms with E-state index in [1.165, 1.54) is 4.88 Å². The van der Waals surface area contributed by atoms with E-state index in [1.54, 1.807) is 18.4 Å². The molecule has 2 aromatic rings. The second-order valence-corrected chi connectivity index (χ2v) is 5.17. The lowest BCUT2D eigenvalue weighted by molar-refractivity contribution is 0.427. The van der Waals surface area contributed by atoms with Crippen LogP contribution in [0.4, 0.5) is 0 Å². The van der Waals surface area contributed by atoms with Gasteiger partial charge in [-0.15, -0.1) is 11.3 Å². The Bertz CT molecular complexity index is 447. The predicted octanol–water partition coefficient (Wildman–Crippen LogP) is 4.14. The van der Waals surface area contributed by atoms with Crippen molar-refractivity contribution in [2.24, 2.45) is 0 Å². The van der Waals surface area contributed by atoms with Crippen LogP contribution in [-0.2, 0) is 0 Å². The maximum Gasteiger partial charge on any atom is 0.173 e. The first kappa shape index (κ1) is 10.8. The van der Waals surface area contributed by atoms with Crippen LogP contribution < -0.4 is 4.74 Å². The third-order valence-corrected chi connectivity index (χ3v) is 4.42. The Hall–Kier alpha value is -0.740. The first-order valence-corrected chi connectivity index (χ1v) is 6.28. The van der Waals surface area contributed by atoms with E-state index in [4.69, 9.17) is 9.15 Å². The summed E-state index contributed by atoms with van der Waals surface area (Å²) in [5, 5.41) is 0.915. The van der Waals surface area contributed by atoms with Gasteiger partial charge in [-0.3, -0.25) is 0 Å². The number of hydrogen-bond acceptors (Lipinski definition) is 3. The van der Waals surface area contributed by atoms with Gasteiger partial charge in [0.1, 0.15) is 16.3 Å². The zero-order valence-corrected chi connectivity index (χ0v) is 10.9. The molecule has 0 radical (unpaired) electrons. The van der Waals surface area contributed by atoms with Gasteiger partial charge in [0.05, 0.1) is 7.11 Å². The highest BCUT2D eigenvalue weighted by Gasteiger charge is 2.16. The van der Waals surface area contributed by atoms with Crippen LogP contribution in [-0.4, -0.2) is 7.11 Å². The molecule has 0 aliphatic rings. The summed E-state index contributed by atoms with van der Waals surface area (Å²) in [7, 11) is 1.68. The van der Waals surface area contributed by atoms with Crippen LogP contribution in [0.15, 0.2) is 28.7 Å². The molecule has 2 rings (SSSR count). The van der Waals surface area contributed by atoms with E-state index < -0.39 is 0 Å². The van der Waals surface area contributed by atoms with Gasteiger partial charge in [0.2, 0.25) is 0 Å². The third-order valence-electron chi connectivity index (χ3n) is 2.06. The molecule has 2 heterocycles. The molecule has 0 aliphatic heterocycles. The number of rotatable bonds is 3. The fourth-order valence-corrected chi connectivity index (χ4v) is 2.80. The van der Waals surface area contributed by atoms with Gasteiger partial charge in [0.25, 0.3) is 0 Å². The van der Waals surface area contributed by atoms with E-state index in [9.17, 15) is 0 Å². The molecule has 2 nitrogen and oxygen atoms in total. The first-order chi connectivity index (χ1) is 7.20. The van der Waals surface area contributed by atoms with Crippen molar-refractivity contribution in [3.8, 4) is 5.06 Å². The van der Waals surface area contributed by atoms with E-state index in [0.29, 0.717) is 0 Å². The molecule has 15 heavy (non-hydrogen) atoms. The largest absolute Gasteiger partial charge is 0.487 e. The number of thiophene rings is 1. The van der Waals surface area contributed by atoms with E-state index in [0.717, 1.165) is 16.6 Å². The van der Waals surface area contributed by atoms with Crippen LogP contribution >= 0.6 is 27.3 Å². The summed E-state index contributed by atoms with van der Waals surface area (Å²) in [6.07, 6.45) is 0. The Morgan fingerprint density at radius 1 is 1.33 bits per heavy atom. The average molecular weight is 287 g/mol. The van der Waals surface area contributed by atoms with Crippen LogP contribution in [0.25, 0.3) is 0 Å². The molecule has 0 aliphatic carbocycles. The number of hydrogen-bond donors (Lipinski definition) is 0. The van der Waals surface area contributed by atoms with Crippen molar-refractivity contribution in [3.63, 3.8) is 0 Å². The minimum atomic E-state index is 0.111.